The van der Waals surface area contributed by atoms with E-state index in [1.54, 1.807) is 0 Å². The van der Waals surface area contributed by atoms with Gasteiger partial charge in [0.25, 0.3) is 0 Å². The van der Waals surface area contributed by atoms with Crippen molar-refractivity contribution in [2.24, 2.45) is 17.3 Å². The third-order valence-corrected chi connectivity index (χ3v) is 7.20. The van der Waals surface area contributed by atoms with Gasteiger partial charge in [0.1, 0.15) is 17.6 Å². The second-order valence-corrected chi connectivity index (χ2v) is 9.31. The molecule has 2 amide bonds. The van der Waals surface area contributed by atoms with Crippen LogP contribution in [0.3, 0.4) is 0 Å². The van der Waals surface area contributed by atoms with E-state index in [2.05, 4.69) is 17.1 Å². The largest absolute Gasteiger partial charge is 0.355 e. The van der Waals surface area contributed by atoms with Gasteiger partial charge in [0.05, 0.1) is 0 Å². The van der Waals surface area contributed by atoms with Crippen LogP contribution in [-0.2, 0) is 22.4 Å². The zero-order valence-corrected chi connectivity index (χ0v) is 16.8. The molecule has 1 aromatic heterocycles. The van der Waals surface area contributed by atoms with Crippen LogP contribution in [0.1, 0.15) is 43.3 Å². The first-order valence-electron chi connectivity index (χ1n) is 10.6. The second kappa shape index (κ2) is 6.42. The summed E-state index contributed by atoms with van der Waals surface area (Å²) in [6, 6.07) is 0. The Morgan fingerprint density at radius 1 is 1.18 bits per heavy atom. The summed E-state index contributed by atoms with van der Waals surface area (Å²) in [6.45, 7) is 8.24. The number of carbonyl (C=O) groups excluding carboxylic acids is 2. The van der Waals surface area contributed by atoms with Gasteiger partial charge in [0.2, 0.25) is 11.8 Å². The first-order chi connectivity index (χ1) is 13.4. The summed E-state index contributed by atoms with van der Waals surface area (Å²) >= 11 is 0. The van der Waals surface area contributed by atoms with E-state index in [4.69, 9.17) is 9.97 Å². The molecule has 150 valence electrons. The average Bonchev–Trinajstić information content (AvgIpc) is 3.31. The molecule has 0 bridgehead atoms. The Balaban J connectivity index is 1.34. The van der Waals surface area contributed by atoms with Crippen LogP contribution in [0.15, 0.2) is 0 Å². The van der Waals surface area contributed by atoms with E-state index in [1.807, 2.05) is 11.8 Å². The van der Waals surface area contributed by atoms with E-state index in [-0.39, 0.29) is 17.2 Å². The van der Waals surface area contributed by atoms with Crippen LogP contribution < -0.4 is 10.2 Å². The molecule has 28 heavy (non-hydrogen) atoms. The van der Waals surface area contributed by atoms with Gasteiger partial charge in [-0.15, -0.1) is 0 Å². The Bertz CT molecular complexity index is 840. The van der Waals surface area contributed by atoms with Crippen LogP contribution in [-0.4, -0.2) is 59.4 Å². The maximum absolute atomic E-state index is 12.8. The molecule has 4 aliphatic rings. The number of nitrogens with zero attached hydrogens (tertiary/aromatic N) is 4. The normalized spacial score (nSPS) is 31.7. The lowest BCUT2D eigenvalue weighted by molar-refractivity contribution is -0.139. The van der Waals surface area contributed by atoms with E-state index in [0.29, 0.717) is 18.9 Å². The lowest BCUT2D eigenvalue weighted by Crippen LogP contribution is -2.41. The fourth-order valence-corrected chi connectivity index (χ4v) is 5.68. The van der Waals surface area contributed by atoms with Gasteiger partial charge in [-0.3, -0.25) is 9.59 Å². The van der Waals surface area contributed by atoms with Gasteiger partial charge in [0, 0.05) is 55.3 Å². The van der Waals surface area contributed by atoms with Gasteiger partial charge >= 0.3 is 0 Å². The number of likely N-dealkylation sites (tertiary alicyclic amines) is 1. The molecule has 3 atom stereocenters. The molecule has 7 heteroatoms. The fraction of sp³-hybridized carbons (Fsp3) is 0.714. The molecule has 7 nitrogen and oxygen atoms in total. The minimum Gasteiger partial charge on any atom is -0.355 e. The molecule has 0 saturated carbocycles. The highest BCUT2D eigenvalue weighted by Crippen LogP contribution is 2.45. The molecule has 3 aliphatic heterocycles. The van der Waals surface area contributed by atoms with E-state index in [0.717, 1.165) is 50.7 Å². The van der Waals surface area contributed by atoms with Gasteiger partial charge in [-0.2, -0.15) is 0 Å². The first-order valence-corrected chi connectivity index (χ1v) is 10.6. The number of hydrogen-bond acceptors (Lipinski definition) is 5. The number of anilines is 1. The van der Waals surface area contributed by atoms with Crippen LogP contribution in [0, 0.1) is 24.2 Å². The minimum atomic E-state index is -0.477. The zero-order valence-electron chi connectivity index (χ0n) is 16.8. The van der Waals surface area contributed by atoms with Crippen molar-refractivity contribution in [2.75, 3.05) is 37.6 Å². The predicted molar refractivity (Wildman–Crippen MR) is 105 cm³/mol. The summed E-state index contributed by atoms with van der Waals surface area (Å²) in [5.41, 5.74) is 2.64. The Morgan fingerprint density at radius 2 is 2.00 bits per heavy atom. The Labute approximate surface area is 165 Å². The number of aromatic nitrogens is 2. The number of nitrogens with one attached hydrogen (secondary N) is 1. The van der Waals surface area contributed by atoms with E-state index in [9.17, 15) is 9.59 Å². The molecule has 1 aliphatic carbocycles. The monoisotopic (exact) mass is 383 g/mol. The van der Waals surface area contributed by atoms with Gasteiger partial charge < -0.3 is 15.1 Å². The number of rotatable bonds is 2. The van der Waals surface area contributed by atoms with Crippen LogP contribution in [0.2, 0.25) is 0 Å². The van der Waals surface area contributed by atoms with E-state index < -0.39 is 5.92 Å². The SMILES string of the molecule is Cc1nc2c(c(N3C[C@@H]4CN(C(=O)C5CCNC5=O)C[C@]4(C)C3)n1)CCCC2. The van der Waals surface area contributed by atoms with Crippen LogP contribution in [0.25, 0.3) is 0 Å². The minimum absolute atomic E-state index is 0.0208. The van der Waals surface area contributed by atoms with Crippen LogP contribution in [0.4, 0.5) is 5.82 Å². The fourth-order valence-electron chi connectivity index (χ4n) is 5.68. The molecule has 1 unspecified atom stereocenters. The first kappa shape index (κ1) is 17.9. The van der Waals surface area contributed by atoms with Crippen molar-refractivity contribution in [1.82, 2.24) is 20.2 Å². The summed E-state index contributed by atoms with van der Waals surface area (Å²) in [5, 5.41) is 2.79. The Morgan fingerprint density at radius 3 is 2.75 bits per heavy atom. The predicted octanol–water partition coefficient (Wildman–Crippen LogP) is 1.08. The van der Waals surface area contributed by atoms with Crippen molar-refractivity contribution in [1.29, 1.82) is 0 Å². The lowest BCUT2D eigenvalue weighted by Gasteiger charge is -2.29. The molecular weight excluding hydrogens is 354 g/mol. The summed E-state index contributed by atoms with van der Waals surface area (Å²) < 4.78 is 0. The molecule has 0 spiro atoms. The molecule has 0 radical (unpaired) electrons. The quantitative estimate of drug-likeness (QED) is 0.774. The Hall–Kier alpha value is -2.18. The van der Waals surface area contributed by atoms with Gasteiger partial charge in [-0.05, 0) is 39.0 Å². The number of amides is 2. The molecule has 4 heterocycles. The van der Waals surface area contributed by atoms with Gasteiger partial charge in [-0.1, -0.05) is 6.92 Å². The molecule has 3 saturated heterocycles. The van der Waals surface area contributed by atoms with Gasteiger partial charge in [-0.25, -0.2) is 9.97 Å². The molecule has 1 aromatic rings. The Kier molecular flexibility index (Phi) is 4.10. The van der Waals surface area contributed by atoms with Crippen molar-refractivity contribution in [3.05, 3.63) is 17.1 Å². The highest BCUT2D eigenvalue weighted by atomic mass is 16.2. The zero-order chi connectivity index (χ0) is 19.5. The maximum atomic E-state index is 12.8. The standard InChI is InChI=1S/C21H29N5O2/c1-13-23-17-6-4-3-5-15(17)18(24-13)25-9-14-10-26(12-21(14,2)11-25)20(28)16-7-8-22-19(16)27/h14,16H,3-12H2,1-2H3,(H,22,27)/t14-,16?,21+/m1/s1. The number of aryl methyl sites for hydroxylation is 2. The number of fused-ring (bicyclic) bond motifs is 2. The van der Waals surface area contributed by atoms with Crippen molar-refractivity contribution < 1.29 is 9.59 Å². The van der Waals surface area contributed by atoms with Crippen molar-refractivity contribution in [3.8, 4) is 0 Å². The van der Waals surface area contributed by atoms with Crippen molar-refractivity contribution >= 4 is 17.6 Å². The topological polar surface area (TPSA) is 78.4 Å². The van der Waals surface area contributed by atoms with Crippen LogP contribution >= 0.6 is 0 Å². The summed E-state index contributed by atoms with van der Waals surface area (Å²) in [5.74, 6) is 1.86. The average molecular weight is 383 g/mol. The second-order valence-electron chi connectivity index (χ2n) is 9.31. The maximum Gasteiger partial charge on any atom is 0.235 e. The summed E-state index contributed by atoms with van der Waals surface area (Å²) in [7, 11) is 0. The molecule has 0 aromatic carbocycles. The molecule has 1 N–H and O–H groups in total. The summed E-state index contributed by atoms with van der Waals surface area (Å²) in [4.78, 5) is 38.7. The highest BCUT2D eigenvalue weighted by molar-refractivity contribution is 6.01. The molecule has 3 fully saturated rings. The highest BCUT2D eigenvalue weighted by Gasteiger charge is 2.52. The van der Waals surface area contributed by atoms with Crippen molar-refractivity contribution in [3.63, 3.8) is 0 Å². The third-order valence-electron chi connectivity index (χ3n) is 7.20. The van der Waals surface area contributed by atoms with E-state index in [1.165, 1.54) is 24.1 Å². The lowest BCUT2D eigenvalue weighted by atomic mass is 9.83. The summed E-state index contributed by atoms with van der Waals surface area (Å²) in [6.07, 6.45) is 5.20. The molecule has 5 rings (SSSR count). The smallest absolute Gasteiger partial charge is 0.235 e. The number of hydrogen-bond donors (Lipinski definition) is 1. The third kappa shape index (κ3) is 2.78. The van der Waals surface area contributed by atoms with E-state index >= 15 is 0 Å². The van der Waals surface area contributed by atoms with Crippen molar-refractivity contribution in [2.45, 2.75) is 46.0 Å². The van der Waals surface area contributed by atoms with Crippen LogP contribution in [0.5, 0.6) is 0 Å². The number of carbonyl (C=O) groups is 2. The molecular formula is C21H29N5O2. The van der Waals surface area contributed by atoms with Gasteiger partial charge in [0.15, 0.2) is 0 Å².